The molecular formula is C26H41Cl2F2N5O2. The van der Waals surface area contributed by atoms with E-state index in [1.54, 1.807) is 11.8 Å². The highest BCUT2D eigenvalue weighted by atomic mass is 35.5. The van der Waals surface area contributed by atoms with E-state index in [0.29, 0.717) is 50.6 Å². The van der Waals surface area contributed by atoms with E-state index >= 15 is 0 Å². The highest BCUT2D eigenvalue weighted by Gasteiger charge is 2.42. The highest BCUT2D eigenvalue weighted by Crippen LogP contribution is 2.43. The molecule has 210 valence electrons. The number of carbonyl (C=O) groups is 2. The van der Waals surface area contributed by atoms with Crippen molar-refractivity contribution in [1.82, 2.24) is 20.1 Å². The van der Waals surface area contributed by atoms with Crippen LogP contribution in [0.25, 0.3) is 0 Å². The largest absolute Gasteiger partial charge is 0.341 e. The molecule has 0 bridgehead atoms. The van der Waals surface area contributed by atoms with E-state index in [1.165, 1.54) is 12.3 Å². The molecule has 0 saturated carbocycles. The minimum atomic E-state index is -3.02. The van der Waals surface area contributed by atoms with Gasteiger partial charge in [0.15, 0.2) is 0 Å². The quantitative estimate of drug-likeness (QED) is 0.543. The summed E-state index contributed by atoms with van der Waals surface area (Å²) in [6.45, 7) is 13.3. The molecule has 3 atom stereocenters. The van der Waals surface area contributed by atoms with Crippen LogP contribution in [0.15, 0.2) is 12.3 Å². The molecule has 7 nitrogen and oxygen atoms in total. The first-order valence-corrected chi connectivity index (χ1v) is 12.9. The second-order valence-corrected chi connectivity index (χ2v) is 11.4. The molecule has 1 N–H and O–H groups in total. The van der Waals surface area contributed by atoms with Crippen LogP contribution in [-0.4, -0.2) is 78.0 Å². The normalized spacial score (nSPS) is 25.5. The molecule has 0 radical (unpaired) electrons. The van der Waals surface area contributed by atoms with Crippen LogP contribution < -0.4 is 10.2 Å². The first-order chi connectivity index (χ1) is 16.4. The van der Waals surface area contributed by atoms with E-state index in [4.69, 9.17) is 0 Å². The highest BCUT2D eigenvalue weighted by molar-refractivity contribution is 5.97. The van der Waals surface area contributed by atoms with E-state index in [9.17, 15) is 18.4 Å². The maximum absolute atomic E-state index is 14.7. The van der Waals surface area contributed by atoms with E-state index in [1.807, 2.05) is 18.7 Å². The van der Waals surface area contributed by atoms with Crippen molar-refractivity contribution in [3.63, 3.8) is 0 Å². The Bertz CT molecular complexity index is 980. The molecule has 2 saturated heterocycles. The summed E-state index contributed by atoms with van der Waals surface area (Å²) in [4.78, 5) is 35.8. The van der Waals surface area contributed by atoms with Gasteiger partial charge in [-0.2, -0.15) is 8.78 Å². The molecular weight excluding hydrogens is 523 g/mol. The first-order valence-electron chi connectivity index (χ1n) is 12.9. The van der Waals surface area contributed by atoms with Gasteiger partial charge >= 0.3 is 0 Å². The SMILES string of the molecule is CCCC(F)(F)c1cc2c(cn1)C(C)(C)CN2C(=O)CN1C[C@@H](C)NC[C@@H]1CN1C[C@H](C)CC1=O.Cl.Cl. The zero-order valence-corrected chi connectivity index (χ0v) is 24.1. The second-order valence-electron chi connectivity index (χ2n) is 11.4. The molecule has 2 fully saturated rings. The Morgan fingerprint density at radius 3 is 2.57 bits per heavy atom. The Morgan fingerprint density at radius 2 is 1.95 bits per heavy atom. The van der Waals surface area contributed by atoms with Gasteiger partial charge in [0, 0.05) is 74.8 Å². The van der Waals surface area contributed by atoms with Gasteiger partial charge in [-0.3, -0.25) is 19.5 Å². The fourth-order valence-corrected chi connectivity index (χ4v) is 5.68. The van der Waals surface area contributed by atoms with Gasteiger partial charge in [0.05, 0.1) is 12.2 Å². The van der Waals surface area contributed by atoms with Crippen molar-refractivity contribution in [2.24, 2.45) is 5.92 Å². The third kappa shape index (κ3) is 6.72. The number of nitrogens with one attached hydrogen (secondary N) is 1. The summed E-state index contributed by atoms with van der Waals surface area (Å²) < 4.78 is 29.3. The minimum Gasteiger partial charge on any atom is -0.341 e. The number of anilines is 1. The lowest BCUT2D eigenvalue weighted by molar-refractivity contribution is -0.128. The molecule has 3 aliphatic heterocycles. The lowest BCUT2D eigenvalue weighted by Gasteiger charge is -2.41. The third-order valence-corrected chi connectivity index (χ3v) is 7.60. The average molecular weight is 565 g/mol. The van der Waals surface area contributed by atoms with Crippen molar-refractivity contribution in [1.29, 1.82) is 0 Å². The molecule has 4 rings (SSSR count). The van der Waals surface area contributed by atoms with Gasteiger partial charge in [-0.1, -0.05) is 34.1 Å². The van der Waals surface area contributed by atoms with Crippen LogP contribution >= 0.6 is 24.8 Å². The number of fused-ring (bicyclic) bond motifs is 1. The molecule has 1 aromatic heterocycles. The summed E-state index contributed by atoms with van der Waals surface area (Å²) in [6, 6.07) is 1.67. The number of halogens is 4. The molecule has 3 aliphatic rings. The Balaban J connectivity index is 0.00000241. The van der Waals surface area contributed by atoms with Gasteiger partial charge < -0.3 is 15.1 Å². The van der Waals surface area contributed by atoms with Gasteiger partial charge in [0.1, 0.15) is 5.69 Å². The van der Waals surface area contributed by atoms with Crippen LogP contribution in [0.5, 0.6) is 0 Å². The first kappa shape index (κ1) is 31.7. The number of hydrogen-bond donors (Lipinski definition) is 1. The van der Waals surface area contributed by atoms with Crippen molar-refractivity contribution in [3.8, 4) is 0 Å². The Labute approximate surface area is 231 Å². The molecule has 0 spiro atoms. The molecule has 1 aromatic rings. The van der Waals surface area contributed by atoms with E-state index in [-0.39, 0.29) is 72.8 Å². The summed E-state index contributed by atoms with van der Waals surface area (Å²) >= 11 is 0. The van der Waals surface area contributed by atoms with Gasteiger partial charge in [-0.25, -0.2) is 0 Å². The lowest BCUT2D eigenvalue weighted by Crippen LogP contribution is -2.61. The number of alkyl halides is 2. The second kappa shape index (κ2) is 12.1. The number of pyridine rings is 1. The summed E-state index contributed by atoms with van der Waals surface area (Å²) in [7, 11) is 0. The maximum Gasteiger partial charge on any atom is 0.289 e. The molecule has 4 heterocycles. The standard InChI is InChI=1S/C26H39F2N5O2.2ClH/c1-6-7-26(27,28)22-9-21-20(11-30-22)25(4,5)16-33(21)24(35)15-31-13-18(3)29-10-19(31)14-32-12-17(2)8-23(32)34;;/h9,11,17-19,29H,6-8,10,12-16H2,1-5H3;2*1H/t17-,18-,19-;;/m1../s1. The van der Waals surface area contributed by atoms with E-state index in [2.05, 4.69) is 29.0 Å². The van der Waals surface area contributed by atoms with Crippen LogP contribution in [0, 0.1) is 5.92 Å². The molecule has 0 aromatic carbocycles. The van der Waals surface area contributed by atoms with Crippen molar-refractivity contribution < 1.29 is 18.4 Å². The molecule has 0 unspecified atom stereocenters. The number of piperazine rings is 1. The molecule has 0 aliphatic carbocycles. The predicted molar refractivity (Wildman–Crippen MR) is 146 cm³/mol. The summed E-state index contributed by atoms with van der Waals surface area (Å²) in [6.07, 6.45) is 2.18. The average Bonchev–Trinajstić information content (AvgIpc) is 3.24. The van der Waals surface area contributed by atoms with E-state index < -0.39 is 5.92 Å². The van der Waals surface area contributed by atoms with Crippen molar-refractivity contribution in [2.75, 3.05) is 44.2 Å². The maximum atomic E-state index is 14.7. The predicted octanol–water partition coefficient (Wildman–Crippen LogP) is 3.97. The van der Waals surface area contributed by atoms with Crippen molar-refractivity contribution in [3.05, 3.63) is 23.5 Å². The smallest absolute Gasteiger partial charge is 0.289 e. The third-order valence-electron chi connectivity index (χ3n) is 7.60. The minimum absolute atomic E-state index is 0. The lowest BCUT2D eigenvalue weighted by atomic mass is 9.88. The number of aromatic nitrogens is 1. The topological polar surface area (TPSA) is 68.8 Å². The fraction of sp³-hybridized carbons (Fsp3) is 0.731. The zero-order valence-electron chi connectivity index (χ0n) is 22.4. The summed E-state index contributed by atoms with van der Waals surface area (Å²) in [5.41, 5.74) is 0.724. The van der Waals surface area contributed by atoms with Crippen LogP contribution in [-0.2, 0) is 20.9 Å². The van der Waals surface area contributed by atoms with Crippen molar-refractivity contribution >= 4 is 42.3 Å². The fourth-order valence-electron chi connectivity index (χ4n) is 5.68. The number of carbonyl (C=O) groups excluding carboxylic acids is 2. The van der Waals surface area contributed by atoms with Gasteiger partial charge in [0.2, 0.25) is 11.8 Å². The van der Waals surface area contributed by atoms with Gasteiger partial charge in [-0.05, 0) is 18.9 Å². The number of hydrogen-bond acceptors (Lipinski definition) is 5. The van der Waals surface area contributed by atoms with Crippen LogP contribution in [0.2, 0.25) is 0 Å². The summed E-state index contributed by atoms with van der Waals surface area (Å²) in [5, 5.41) is 3.47. The van der Waals surface area contributed by atoms with Crippen LogP contribution in [0.1, 0.15) is 65.1 Å². The number of amides is 2. The Hall–Kier alpha value is -1.55. The van der Waals surface area contributed by atoms with Gasteiger partial charge in [0.25, 0.3) is 5.92 Å². The number of nitrogens with zero attached hydrogens (tertiary/aromatic N) is 4. The molecule has 37 heavy (non-hydrogen) atoms. The van der Waals surface area contributed by atoms with Crippen molar-refractivity contribution in [2.45, 2.75) is 77.3 Å². The Morgan fingerprint density at radius 1 is 1.24 bits per heavy atom. The zero-order chi connectivity index (χ0) is 25.5. The van der Waals surface area contributed by atoms with Crippen LogP contribution in [0.3, 0.4) is 0 Å². The van der Waals surface area contributed by atoms with Crippen LogP contribution in [0.4, 0.5) is 14.5 Å². The molecule has 11 heteroatoms. The Kier molecular flexibility index (Phi) is 10.4. The molecule has 2 amide bonds. The number of likely N-dealkylation sites (tertiary alicyclic amines) is 1. The van der Waals surface area contributed by atoms with E-state index in [0.717, 1.165) is 12.1 Å². The monoisotopic (exact) mass is 563 g/mol. The summed E-state index contributed by atoms with van der Waals surface area (Å²) in [5.74, 6) is -2.60. The van der Waals surface area contributed by atoms with Gasteiger partial charge in [-0.15, -0.1) is 24.8 Å². The number of rotatable bonds is 7.